The van der Waals surface area contributed by atoms with E-state index in [0.717, 1.165) is 17.0 Å². The van der Waals surface area contributed by atoms with Gasteiger partial charge in [-0.2, -0.15) is 10.2 Å². The van der Waals surface area contributed by atoms with Crippen LogP contribution in [0.25, 0.3) is 11.4 Å². The summed E-state index contributed by atoms with van der Waals surface area (Å²) in [6.45, 7) is 1.11. The van der Waals surface area contributed by atoms with E-state index in [1.54, 1.807) is 42.7 Å². The van der Waals surface area contributed by atoms with Gasteiger partial charge in [0.2, 0.25) is 11.7 Å². The molecule has 2 aromatic heterocycles. The maximum absolute atomic E-state index is 11.3. The number of nitrogens with one attached hydrogen (secondary N) is 2. The molecule has 11 nitrogen and oxygen atoms in total. The molecule has 168 valence electrons. The minimum Gasteiger partial charge on any atom is -0.595 e. The SMILES string of the molecule is O=C(O)c1ccc(CN2Cc3[nH]cnc3CC2c2nc(-c3cccc([NH+]([O-])O)c3)no2)cc1. The first-order valence-corrected chi connectivity index (χ1v) is 10.2. The molecule has 1 aliphatic heterocycles. The normalized spacial score (nSPS) is 17.0. The van der Waals surface area contributed by atoms with Crippen molar-refractivity contribution in [1.82, 2.24) is 25.0 Å². The van der Waals surface area contributed by atoms with Crippen LogP contribution in [0, 0.1) is 5.21 Å². The summed E-state index contributed by atoms with van der Waals surface area (Å²) < 4.78 is 5.60. The zero-order chi connectivity index (χ0) is 22.9. The monoisotopic (exact) mass is 448 g/mol. The molecule has 0 bridgehead atoms. The summed E-state index contributed by atoms with van der Waals surface area (Å²) in [7, 11) is 0. The highest BCUT2D eigenvalue weighted by atomic mass is 16.8. The zero-order valence-electron chi connectivity index (χ0n) is 17.3. The van der Waals surface area contributed by atoms with E-state index in [-0.39, 0.29) is 17.3 Å². The van der Waals surface area contributed by atoms with Gasteiger partial charge in [-0.05, 0) is 17.7 Å². The molecule has 5 rings (SSSR count). The number of aromatic carboxylic acids is 1. The van der Waals surface area contributed by atoms with E-state index in [1.807, 2.05) is 0 Å². The van der Waals surface area contributed by atoms with E-state index < -0.39 is 11.2 Å². The zero-order valence-corrected chi connectivity index (χ0v) is 17.3. The van der Waals surface area contributed by atoms with E-state index >= 15 is 0 Å². The number of hydrogen-bond acceptors (Lipinski definition) is 8. The van der Waals surface area contributed by atoms with Crippen molar-refractivity contribution in [3.8, 4) is 11.4 Å². The van der Waals surface area contributed by atoms with Crippen molar-refractivity contribution in [3.05, 3.63) is 88.5 Å². The van der Waals surface area contributed by atoms with Gasteiger partial charge in [-0.3, -0.25) is 4.90 Å². The lowest BCUT2D eigenvalue weighted by Crippen LogP contribution is -2.99. The molecule has 0 spiro atoms. The Morgan fingerprint density at radius 2 is 2.09 bits per heavy atom. The Balaban J connectivity index is 1.44. The van der Waals surface area contributed by atoms with E-state index in [4.69, 9.17) is 9.63 Å². The number of aromatic nitrogens is 4. The Bertz CT molecular complexity index is 1280. The van der Waals surface area contributed by atoms with Crippen molar-refractivity contribution >= 4 is 11.7 Å². The number of carboxylic acids is 1. The van der Waals surface area contributed by atoms with Gasteiger partial charge in [0.1, 0.15) is 0 Å². The maximum atomic E-state index is 11.3. The van der Waals surface area contributed by atoms with Crippen LogP contribution in [0.1, 0.15) is 39.2 Å². The highest BCUT2D eigenvalue weighted by Crippen LogP contribution is 2.33. The molecule has 0 amide bonds. The number of H-pyrrole nitrogens is 1. The molecule has 0 aliphatic carbocycles. The second-order valence-electron chi connectivity index (χ2n) is 7.80. The van der Waals surface area contributed by atoms with Gasteiger partial charge in [-0.1, -0.05) is 29.4 Å². The lowest BCUT2D eigenvalue weighted by Gasteiger charge is -2.32. The van der Waals surface area contributed by atoms with Crippen molar-refractivity contribution < 1.29 is 24.9 Å². The summed E-state index contributed by atoms with van der Waals surface area (Å²) >= 11 is 0. The molecule has 2 aromatic carbocycles. The summed E-state index contributed by atoms with van der Waals surface area (Å²) in [5, 5.41) is 32.7. The number of benzene rings is 2. The van der Waals surface area contributed by atoms with Gasteiger partial charge >= 0.3 is 5.97 Å². The second kappa shape index (κ2) is 8.56. The topological polar surface area (TPSA) is 156 Å². The third-order valence-electron chi connectivity index (χ3n) is 5.68. The minimum absolute atomic E-state index is 0.143. The molecule has 0 saturated heterocycles. The molecular formula is C22H20N6O5. The van der Waals surface area contributed by atoms with Crippen LogP contribution in [-0.2, 0) is 19.5 Å². The van der Waals surface area contributed by atoms with Crippen LogP contribution in [0.3, 0.4) is 0 Å². The fraction of sp³-hybridized carbons (Fsp3) is 0.182. The maximum Gasteiger partial charge on any atom is 0.335 e. The van der Waals surface area contributed by atoms with Gasteiger partial charge in [0.15, 0.2) is 5.69 Å². The van der Waals surface area contributed by atoms with Gasteiger partial charge in [0, 0.05) is 37.2 Å². The van der Waals surface area contributed by atoms with Gasteiger partial charge in [-0.15, -0.1) is 0 Å². The molecule has 11 heteroatoms. The summed E-state index contributed by atoms with van der Waals surface area (Å²) in [5.74, 6) is -0.252. The van der Waals surface area contributed by atoms with Crippen LogP contribution in [-0.4, -0.2) is 41.3 Å². The summed E-state index contributed by atoms with van der Waals surface area (Å²) in [4.78, 5) is 25.4. The van der Waals surface area contributed by atoms with Crippen LogP contribution < -0.4 is 5.23 Å². The number of rotatable bonds is 6. The minimum atomic E-state index is -1.03. The van der Waals surface area contributed by atoms with E-state index in [0.29, 0.717) is 36.8 Å². The summed E-state index contributed by atoms with van der Waals surface area (Å²) in [5.41, 5.74) is 3.80. The first kappa shape index (κ1) is 21.0. The molecule has 0 saturated carbocycles. The van der Waals surface area contributed by atoms with E-state index in [1.165, 1.54) is 12.1 Å². The number of carboxylic acid groups (broad SMARTS) is 1. The predicted octanol–water partition coefficient (Wildman–Crippen LogP) is 1.86. The second-order valence-corrected chi connectivity index (χ2v) is 7.80. The smallest absolute Gasteiger partial charge is 0.335 e. The third-order valence-corrected chi connectivity index (χ3v) is 5.68. The van der Waals surface area contributed by atoms with Crippen LogP contribution in [0.2, 0.25) is 0 Å². The third kappa shape index (κ3) is 4.25. The Labute approximate surface area is 187 Å². The van der Waals surface area contributed by atoms with Crippen molar-refractivity contribution in [2.24, 2.45) is 0 Å². The van der Waals surface area contributed by atoms with Crippen LogP contribution >= 0.6 is 0 Å². The highest BCUT2D eigenvalue weighted by molar-refractivity contribution is 5.87. The van der Waals surface area contributed by atoms with Crippen molar-refractivity contribution in [2.45, 2.75) is 25.6 Å². The number of fused-ring (bicyclic) bond motifs is 1. The Hall–Kier alpha value is -3.90. The van der Waals surface area contributed by atoms with Crippen molar-refractivity contribution in [3.63, 3.8) is 0 Å². The Morgan fingerprint density at radius 1 is 1.27 bits per heavy atom. The predicted molar refractivity (Wildman–Crippen MR) is 113 cm³/mol. The molecule has 2 atom stereocenters. The molecule has 2 unspecified atom stereocenters. The molecule has 0 fully saturated rings. The van der Waals surface area contributed by atoms with Crippen LogP contribution in [0.5, 0.6) is 0 Å². The number of carbonyl (C=O) groups is 1. The standard InChI is InChI=1S/C22H20N6O5/c29-22(30)14-6-4-13(5-7-14)10-27-11-18-17(23-12-24-18)9-19(27)21-25-20(26-33-21)15-2-1-3-16(8-15)28(31)32/h1-8,12,19,28,31H,9-11H2,(H,23,24)(H,29,30). The van der Waals surface area contributed by atoms with Gasteiger partial charge < -0.3 is 19.8 Å². The first-order chi connectivity index (χ1) is 16.0. The number of quaternary nitrogens is 1. The van der Waals surface area contributed by atoms with Gasteiger partial charge in [-0.25, -0.2) is 15.0 Å². The van der Waals surface area contributed by atoms with Crippen LogP contribution in [0.15, 0.2) is 59.4 Å². The molecule has 0 radical (unpaired) electrons. The highest BCUT2D eigenvalue weighted by Gasteiger charge is 2.33. The van der Waals surface area contributed by atoms with Crippen LogP contribution in [0.4, 0.5) is 5.69 Å². The van der Waals surface area contributed by atoms with Gasteiger partial charge in [0.25, 0.3) is 0 Å². The molecule has 3 heterocycles. The van der Waals surface area contributed by atoms with E-state index in [9.17, 15) is 15.2 Å². The Morgan fingerprint density at radius 3 is 2.85 bits per heavy atom. The summed E-state index contributed by atoms with van der Waals surface area (Å²) in [6.07, 6.45) is 2.21. The molecule has 33 heavy (non-hydrogen) atoms. The molecule has 4 N–H and O–H groups in total. The number of aromatic amines is 1. The number of imidazole rings is 1. The van der Waals surface area contributed by atoms with Gasteiger partial charge in [0.05, 0.1) is 29.3 Å². The largest absolute Gasteiger partial charge is 0.595 e. The fourth-order valence-electron chi connectivity index (χ4n) is 3.96. The summed E-state index contributed by atoms with van der Waals surface area (Å²) in [6, 6.07) is 12.9. The Kier molecular flexibility index (Phi) is 5.44. The number of nitrogens with zero attached hydrogens (tertiary/aromatic N) is 4. The molecule has 1 aliphatic rings. The fourth-order valence-corrected chi connectivity index (χ4v) is 3.96. The lowest BCUT2D eigenvalue weighted by atomic mass is 10.0. The number of hydrogen-bond donors (Lipinski definition) is 4. The average molecular weight is 448 g/mol. The van der Waals surface area contributed by atoms with Crippen molar-refractivity contribution in [1.29, 1.82) is 0 Å². The van der Waals surface area contributed by atoms with E-state index in [2.05, 4.69) is 25.0 Å². The average Bonchev–Trinajstić information content (AvgIpc) is 3.48. The lowest BCUT2D eigenvalue weighted by molar-refractivity contribution is -0.991. The first-order valence-electron chi connectivity index (χ1n) is 10.2. The molecular weight excluding hydrogens is 428 g/mol. The van der Waals surface area contributed by atoms with Crippen molar-refractivity contribution in [2.75, 3.05) is 0 Å². The quantitative estimate of drug-likeness (QED) is 0.323. The molecule has 4 aromatic rings.